The summed E-state index contributed by atoms with van der Waals surface area (Å²) in [5, 5.41) is 2.69. The Kier molecular flexibility index (Phi) is 5.67. The van der Waals surface area contributed by atoms with Crippen LogP contribution in [0.25, 0.3) is 0 Å². The van der Waals surface area contributed by atoms with Crippen molar-refractivity contribution in [2.75, 3.05) is 17.8 Å². The third kappa shape index (κ3) is 6.20. The molecule has 0 atom stereocenters. The molecule has 1 heterocycles. The second-order valence-electron chi connectivity index (χ2n) is 5.55. The Morgan fingerprint density at radius 2 is 1.84 bits per heavy atom. The summed E-state index contributed by atoms with van der Waals surface area (Å²) in [5.41, 5.74) is 2.12. The van der Waals surface area contributed by atoms with Crippen LogP contribution in [0, 0.1) is 11.8 Å². The molecule has 0 aliphatic rings. The summed E-state index contributed by atoms with van der Waals surface area (Å²) < 4.78 is 15.2. The topological polar surface area (TPSA) is 88.5 Å². The number of carbonyl (C=O) groups excluding carboxylic acids is 2. The average Bonchev–Trinajstić information content (AvgIpc) is 2.51. The van der Waals surface area contributed by atoms with Crippen LogP contribution in [-0.2, 0) is 14.5 Å². The third-order valence-corrected chi connectivity index (χ3v) is 3.43. The summed E-state index contributed by atoms with van der Waals surface area (Å²) in [6.45, 7) is 1.43. The Morgan fingerprint density at radius 3 is 2.52 bits per heavy atom. The van der Waals surface area contributed by atoms with E-state index in [4.69, 9.17) is 0 Å². The van der Waals surface area contributed by atoms with Gasteiger partial charge in [0.05, 0.1) is 5.56 Å². The van der Waals surface area contributed by atoms with Crippen molar-refractivity contribution in [3.05, 3.63) is 59.4 Å². The molecule has 0 aliphatic carbocycles. The van der Waals surface area contributed by atoms with Crippen LogP contribution in [0.5, 0.6) is 0 Å². The zero-order valence-corrected chi connectivity index (χ0v) is 14.9. The summed E-state index contributed by atoms with van der Waals surface area (Å²) in [7, 11) is -2.53. The molecule has 0 saturated carbocycles. The van der Waals surface area contributed by atoms with E-state index in [9.17, 15) is 13.8 Å². The van der Waals surface area contributed by atoms with Gasteiger partial charge in [-0.15, -0.1) is 0 Å². The normalized spacial score (nSPS) is 10.4. The lowest BCUT2D eigenvalue weighted by Gasteiger charge is -2.01. The van der Waals surface area contributed by atoms with E-state index in [1.165, 1.54) is 31.8 Å². The first-order valence-corrected chi connectivity index (χ1v) is 9.62. The summed E-state index contributed by atoms with van der Waals surface area (Å²) in [5.74, 6) is 5.11. The molecule has 25 heavy (non-hydrogen) atoms. The van der Waals surface area contributed by atoms with Crippen molar-refractivity contribution < 1.29 is 13.8 Å². The molecule has 1 N–H and O–H groups in total. The minimum atomic E-state index is -2.53. The van der Waals surface area contributed by atoms with Crippen molar-refractivity contribution in [2.45, 2.75) is 6.92 Å². The monoisotopic (exact) mass is 355 g/mol. The molecule has 0 spiro atoms. The van der Waals surface area contributed by atoms with Crippen molar-refractivity contribution in [3.8, 4) is 11.8 Å². The van der Waals surface area contributed by atoms with E-state index in [1.54, 1.807) is 30.3 Å². The van der Waals surface area contributed by atoms with E-state index < -0.39 is 15.6 Å². The maximum absolute atomic E-state index is 12.0. The molecule has 0 bridgehead atoms. The van der Waals surface area contributed by atoms with Crippen LogP contribution in [0.15, 0.2) is 47.1 Å². The van der Waals surface area contributed by atoms with Gasteiger partial charge < -0.3 is 5.32 Å². The first-order chi connectivity index (χ1) is 11.7. The average molecular weight is 355 g/mol. The largest absolute Gasteiger partial charge is 0.326 e. The van der Waals surface area contributed by atoms with E-state index >= 15 is 0 Å². The highest BCUT2D eigenvalue weighted by Crippen LogP contribution is 2.10. The fraction of sp³-hybridized carbons (Fsp3) is 0.167. The van der Waals surface area contributed by atoms with Crippen LogP contribution in [0.3, 0.4) is 0 Å². The van der Waals surface area contributed by atoms with Crippen LogP contribution >= 0.6 is 0 Å². The number of carbonyl (C=O) groups is 2. The molecule has 0 saturated heterocycles. The first-order valence-electron chi connectivity index (χ1n) is 7.29. The fourth-order valence-corrected chi connectivity index (χ4v) is 2.40. The quantitative estimate of drug-likeness (QED) is 0.837. The molecule has 128 valence electrons. The van der Waals surface area contributed by atoms with E-state index in [0.29, 0.717) is 16.8 Å². The van der Waals surface area contributed by atoms with Gasteiger partial charge in [-0.25, -0.2) is 4.21 Å². The maximum atomic E-state index is 12.0. The highest BCUT2D eigenvalue weighted by Gasteiger charge is 2.07. The number of nitrogens with zero attached hydrogens (tertiary/aromatic N) is 2. The van der Waals surface area contributed by atoms with Crippen molar-refractivity contribution >= 4 is 27.2 Å². The lowest BCUT2D eigenvalue weighted by Crippen LogP contribution is -2.05. The zero-order chi connectivity index (χ0) is 18.4. The van der Waals surface area contributed by atoms with Crippen LogP contribution in [0.2, 0.25) is 0 Å². The van der Waals surface area contributed by atoms with Crippen molar-refractivity contribution in [1.82, 2.24) is 4.98 Å². The molecular weight excluding hydrogens is 338 g/mol. The number of benzene rings is 1. The lowest BCUT2D eigenvalue weighted by molar-refractivity contribution is -0.114. The van der Waals surface area contributed by atoms with E-state index in [-0.39, 0.29) is 11.5 Å². The maximum Gasteiger partial charge on any atom is 0.286 e. The molecule has 2 amide bonds. The second-order valence-corrected chi connectivity index (χ2v) is 8.10. The third-order valence-electron chi connectivity index (χ3n) is 2.82. The second kappa shape index (κ2) is 7.73. The molecule has 6 nitrogen and oxygen atoms in total. The Hall–Kier alpha value is -2.98. The lowest BCUT2D eigenvalue weighted by atomic mass is 10.1. The fourth-order valence-electron chi connectivity index (χ4n) is 1.90. The minimum absolute atomic E-state index is 0.160. The first kappa shape index (κ1) is 18.4. The van der Waals surface area contributed by atoms with Gasteiger partial charge in [0.25, 0.3) is 5.91 Å². The number of nitrogens with one attached hydrogen (secondary N) is 1. The van der Waals surface area contributed by atoms with Crippen LogP contribution in [-0.4, -0.2) is 33.5 Å². The molecule has 0 fully saturated rings. The molecule has 2 rings (SSSR count). The highest BCUT2D eigenvalue weighted by molar-refractivity contribution is 7.92. The van der Waals surface area contributed by atoms with Gasteiger partial charge in [0, 0.05) is 58.4 Å². The van der Waals surface area contributed by atoms with Crippen LogP contribution < -0.4 is 5.32 Å². The van der Waals surface area contributed by atoms with E-state index in [2.05, 4.69) is 26.5 Å². The molecule has 0 unspecified atom stereocenters. The number of aromatic nitrogens is 1. The summed E-state index contributed by atoms with van der Waals surface area (Å²) in [6.07, 6.45) is 5.67. The van der Waals surface area contributed by atoms with E-state index in [1.807, 2.05) is 0 Å². The van der Waals surface area contributed by atoms with Gasteiger partial charge in [-0.1, -0.05) is 17.9 Å². The number of anilines is 1. The van der Waals surface area contributed by atoms with Crippen molar-refractivity contribution in [3.63, 3.8) is 0 Å². The summed E-state index contributed by atoms with van der Waals surface area (Å²) in [6, 6.07) is 8.65. The molecule has 7 heteroatoms. The molecule has 0 aliphatic heterocycles. The van der Waals surface area contributed by atoms with Gasteiger partial charge in [-0.2, -0.15) is 4.36 Å². The number of pyridine rings is 1. The number of hydrogen-bond acceptors (Lipinski definition) is 4. The molecular formula is C18H17N3O3S. The zero-order valence-electron chi connectivity index (χ0n) is 14.1. The standard InChI is InChI=1S/C18H17N3O3S/c1-13(22)20-17-6-4-5-14(10-17)7-8-15-9-16(12-19-11-15)18(23)21-25(2,3)24/h4-6,9-12H,1-3H3,(H,20,22). The predicted molar refractivity (Wildman–Crippen MR) is 97.7 cm³/mol. The number of amides is 2. The van der Waals surface area contributed by atoms with Gasteiger partial charge >= 0.3 is 0 Å². The minimum Gasteiger partial charge on any atom is -0.326 e. The van der Waals surface area contributed by atoms with Gasteiger partial charge in [-0.3, -0.25) is 14.6 Å². The predicted octanol–water partition coefficient (Wildman–Crippen LogP) is 2.31. The Bertz CT molecular complexity index is 1000. The van der Waals surface area contributed by atoms with Gasteiger partial charge in [0.2, 0.25) is 5.91 Å². The summed E-state index contributed by atoms with van der Waals surface area (Å²) in [4.78, 5) is 27.0. The molecule has 0 radical (unpaired) electrons. The Morgan fingerprint density at radius 1 is 1.12 bits per heavy atom. The molecule has 2 aromatic rings. The Labute approximate surface area is 146 Å². The van der Waals surface area contributed by atoms with E-state index in [0.717, 1.165) is 0 Å². The molecule has 1 aromatic carbocycles. The Balaban J connectivity index is 2.27. The number of hydrogen-bond donors (Lipinski definition) is 1. The van der Waals surface area contributed by atoms with Crippen molar-refractivity contribution in [2.24, 2.45) is 4.36 Å². The highest BCUT2D eigenvalue weighted by atomic mass is 32.2. The van der Waals surface area contributed by atoms with Gasteiger partial charge in [0.1, 0.15) is 0 Å². The molecule has 1 aromatic heterocycles. The van der Waals surface area contributed by atoms with Crippen LogP contribution in [0.4, 0.5) is 5.69 Å². The van der Waals surface area contributed by atoms with Gasteiger partial charge in [-0.05, 0) is 24.3 Å². The van der Waals surface area contributed by atoms with Crippen molar-refractivity contribution in [1.29, 1.82) is 0 Å². The SMILES string of the molecule is CC(=O)Nc1cccc(C#Cc2cncc(C(=O)N=S(C)(C)=O)c2)c1. The smallest absolute Gasteiger partial charge is 0.286 e. The van der Waals surface area contributed by atoms with Gasteiger partial charge in [0.15, 0.2) is 0 Å². The number of rotatable bonds is 2. The summed E-state index contributed by atoms with van der Waals surface area (Å²) >= 11 is 0. The van der Waals surface area contributed by atoms with Crippen LogP contribution in [0.1, 0.15) is 28.4 Å².